The molecule has 0 saturated heterocycles. The summed E-state index contributed by atoms with van der Waals surface area (Å²) in [5.41, 5.74) is 3.04. The second-order valence-electron chi connectivity index (χ2n) is 7.01. The Hall–Kier alpha value is -3.64. The van der Waals surface area contributed by atoms with E-state index in [-0.39, 0.29) is 12.5 Å². The molecule has 6 nitrogen and oxygen atoms in total. The lowest BCUT2D eigenvalue weighted by atomic mass is 10.1. The molecule has 0 spiro atoms. The maximum atomic E-state index is 12.9. The van der Waals surface area contributed by atoms with Crippen molar-refractivity contribution in [1.29, 1.82) is 0 Å². The predicted molar refractivity (Wildman–Crippen MR) is 122 cm³/mol. The van der Waals surface area contributed by atoms with Crippen molar-refractivity contribution in [3.8, 4) is 17.1 Å². The maximum absolute atomic E-state index is 12.9. The molecule has 0 aliphatic heterocycles. The van der Waals surface area contributed by atoms with Crippen molar-refractivity contribution in [2.24, 2.45) is 0 Å². The van der Waals surface area contributed by atoms with Crippen molar-refractivity contribution < 1.29 is 9.53 Å². The SMILES string of the molecule is Cc1ccc(-c2nc(NCc3ccccc3)n(C(=O)COc3ccc(Cl)cc3)n2)cc1. The van der Waals surface area contributed by atoms with Crippen LogP contribution in [-0.2, 0) is 6.54 Å². The van der Waals surface area contributed by atoms with Crippen LogP contribution in [0, 0.1) is 6.92 Å². The van der Waals surface area contributed by atoms with Gasteiger partial charge in [-0.25, -0.2) is 0 Å². The molecule has 0 fully saturated rings. The highest BCUT2D eigenvalue weighted by atomic mass is 35.5. The largest absolute Gasteiger partial charge is 0.484 e. The zero-order valence-corrected chi connectivity index (χ0v) is 17.7. The van der Waals surface area contributed by atoms with E-state index < -0.39 is 0 Å². The fourth-order valence-corrected chi connectivity index (χ4v) is 3.07. The number of nitrogens with one attached hydrogen (secondary N) is 1. The van der Waals surface area contributed by atoms with E-state index in [1.165, 1.54) is 4.68 Å². The molecule has 0 unspecified atom stereocenters. The zero-order valence-electron chi connectivity index (χ0n) is 17.0. The zero-order chi connectivity index (χ0) is 21.6. The molecular weight excluding hydrogens is 412 g/mol. The quantitative estimate of drug-likeness (QED) is 0.432. The Morgan fingerprint density at radius 2 is 1.71 bits per heavy atom. The first-order valence-corrected chi connectivity index (χ1v) is 10.2. The Morgan fingerprint density at radius 1 is 1.00 bits per heavy atom. The van der Waals surface area contributed by atoms with E-state index >= 15 is 0 Å². The van der Waals surface area contributed by atoms with Crippen LogP contribution in [0.5, 0.6) is 5.75 Å². The molecule has 0 atom stereocenters. The molecule has 31 heavy (non-hydrogen) atoms. The molecule has 0 bridgehead atoms. The number of rotatable bonds is 7. The van der Waals surface area contributed by atoms with E-state index in [1.807, 2.05) is 61.5 Å². The van der Waals surface area contributed by atoms with Crippen molar-refractivity contribution in [1.82, 2.24) is 14.8 Å². The molecule has 1 aromatic heterocycles. The Morgan fingerprint density at radius 3 is 2.42 bits per heavy atom. The van der Waals surface area contributed by atoms with Gasteiger partial charge in [-0.1, -0.05) is 71.8 Å². The van der Waals surface area contributed by atoms with E-state index in [0.29, 0.717) is 29.1 Å². The van der Waals surface area contributed by atoms with Crippen LogP contribution in [0.4, 0.5) is 5.95 Å². The molecular formula is C24H21ClN4O2. The fourth-order valence-electron chi connectivity index (χ4n) is 2.94. The first-order chi connectivity index (χ1) is 15.1. The molecule has 4 rings (SSSR count). The van der Waals surface area contributed by atoms with E-state index in [9.17, 15) is 4.79 Å². The van der Waals surface area contributed by atoms with Crippen LogP contribution in [0.25, 0.3) is 11.4 Å². The van der Waals surface area contributed by atoms with Crippen molar-refractivity contribution in [3.63, 3.8) is 0 Å². The van der Waals surface area contributed by atoms with Crippen molar-refractivity contribution in [2.75, 3.05) is 11.9 Å². The third-order valence-corrected chi connectivity index (χ3v) is 4.87. The number of halogens is 1. The van der Waals surface area contributed by atoms with Crippen molar-refractivity contribution >= 4 is 23.5 Å². The number of carbonyl (C=O) groups is 1. The van der Waals surface area contributed by atoms with E-state index in [1.54, 1.807) is 24.3 Å². The second-order valence-corrected chi connectivity index (χ2v) is 7.45. The van der Waals surface area contributed by atoms with Gasteiger partial charge >= 0.3 is 0 Å². The number of aromatic nitrogens is 3. The van der Waals surface area contributed by atoms with Crippen molar-refractivity contribution in [3.05, 3.63) is 95.0 Å². The summed E-state index contributed by atoms with van der Waals surface area (Å²) in [5, 5.41) is 8.26. The molecule has 0 aliphatic carbocycles. The molecule has 7 heteroatoms. The average molecular weight is 433 g/mol. The summed E-state index contributed by atoms with van der Waals surface area (Å²) < 4.78 is 6.86. The van der Waals surface area contributed by atoms with Crippen LogP contribution in [-0.4, -0.2) is 27.3 Å². The minimum Gasteiger partial charge on any atom is -0.484 e. The topological polar surface area (TPSA) is 69.0 Å². The molecule has 1 N–H and O–H groups in total. The third-order valence-electron chi connectivity index (χ3n) is 4.62. The van der Waals surface area contributed by atoms with Gasteiger partial charge in [-0.3, -0.25) is 4.79 Å². The number of hydrogen-bond donors (Lipinski definition) is 1. The van der Waals surface area contributed by atoms with Crippen LogP contribution < -0.4 is 10.1 Å². The van der Waals surface area contributed by atoms with E-state index in [4.69, 9.17) is 16.3 Å². The molecule has 156 valence electrons. The number of anilines is 1. The van der Waals surface area contributed by atoms with Crippen molar-refractivity contribution in [2.45, 2.75) is 13.5 Å². The smallest absolute Gasteiger partial charge is 0.287 e. The van der Waals surface area contributed by atoms with Gasteiger partial charge in [-0.05, 0) is 36.8 Å². The number of nitrogens with zero attached hydrogens (tertiary/aromatic N) is 3. The highest BCUT2D eigenvalue weighted by molar-refractivity contribution is 6.30. The summed E-state index contributed by atoms with van der Waals surface area (Å²) in [7, 11) is 0. The summed E-state index contributed by atoms with van der Waals surface area (Å²) in [6, 6.07) is 24.6. The lowest BCUT2D eigenvalue weighted by molar-refractivity contribution is 0.0824. The summed E-state index contributed by atoms with van der Waals surface area (Å²) in [6.45, 7) is 2.34. The average Bonchev–Trinajstić information content (AvgIpc) is 3.23. The van der Waals surface area contributed by atoms with Gasteiger partial charge in [-0.2, -0.15) is 9.67 Å². The lowest BCUT2D eigenvalue weighted by Crippen LogP contribution is -2.22. The van der Waals surface area contributed by atoms with Gasteiger partial charge in [0.2, 0.25) is 5.95 Å². The number of benzene rings is 3. The van der Waals surface area contributed by atoms with Gasteiger partial charge in [0.15, 0.2) is 12.4 Å². The Labute approximate surface area is 185 Å². The Balaban J connectivity index is 1.56. The molecule has 3 aromatic carbocycles. The number of aryl methyl sites for hydroxylation is 1. The number of ether oxygens (including phenoxy) is 1. The highest BCUT2D eigenvalue weighted by Gasteiger charge is 2.18. The molecule has 0 radical (unpaired) electrons. The molecule has 0 amide bonds. The normalized spacial score (nSPS) is 10.6. The van der Waals surface area contributed by atoms with Gasteiger partial charge in [0.1, 0.15) is 5.75 Å². The minimum absolute atomic E-state index is 0.182. The predicted octanol–water partition coefficient (Wildman–Crippen LogP) is 5.24. The molecule has 4 aromatic rings. The monoisotopic (exact) mass is 432 g/mol. The first-order valence-electron chi connectivity index (χ1n) is 9.82. The summed E-state index contributed by atoms with van der Waals surface area (Å²) in [4.78, 5) is 17.4. The van der Waals surface area contributed by atoms with Crippen LogP contribution in [0.15, 0.2) is 78.9 Å². The summed E-state index contributed by atoms with van der Waals surface area (Å²) in [6.07, 6.45) is 0. The Bertz CT molecular complexity index is 1160. The highest BCUT2D eigenvalue weighted by Crippen LogP contribution is 2.20. The number of carbonyl (C=O) groups excluding carboxylic acids is 1. The standard InChI is InChI=1S/C24H21ClN4O2/c1-17-7-9-19(10-8-17)23-27-24(26-15-18-5-3-2-4-6-18)29(28-23)22(30)16-31-21-13-11-20(25)12-14-21/h2-14H,15-16H2,1H3,(H,26,27,28). The van der Waals surface area contributed by atoms with Gasteiger partial charge in [0.25, 0.3) is 5.91 Å². The van der Waals surface area contributed by atoms with Crippen LogP contribution in [0.1, 0.15) is 15.9 Å². The second kappa shape index (κ2) is 9.45. The van der Waals surface area contributed by atoms with Crippen LogP contribution in [0.2, 0.25) is 5.02 Å². The summed E-state index contributed by atoms with van der Waals surface area (Å²) in [5.74, 6) is 1.05. The third kappa shape index (κ3) is 5.29. The maximum Gasteiger partial charge on any atom is 0.287 e. The van der Waals surface area contributed by atoms with Crippen LogP contribution in [0.3, 0.4) is 0 Å². The summed E-state index contributed by atoms with van der Waals surface area (Å²) >= 11 is 5.89. The van der Waals surface area contributed by atoms with Gasteiger partial charge in [0, 0.05) is 17.1 Å². The molecule has 0 saturated carbocycles. The lowest BCUT2D eigenvalue weighted by Gasteiger charge is -2.08. The molecule has 1 heterocycles. The van der Waals surface area contributed by atoms with E-state index in [2.05, 4.69) is 15.4 Å². The molecule has 0 aliphatic rings. The Kier molecular flexibility index (Phi) is 6.29. The van der Waals surface area contributed by atoms with Gasteiger partial charge < -0.3 is 10.1 Å². The minimum atomic E-state index is -0.337. The van der Waals surface area contributed by atoms with E-state index in [0.717, 1.165) is 16.7 Å². The van der Waals surface area contributed by atoms with Crippen LogP contribution >= 0.6 is 11.6 Å². The van der Waals surface area contributed by atoms with Gasteiger partial charge in [0.05, 0.1) is 0 Å². The number of hydrogen-bond acceptors (Lipinski definition) is 5. The fraction of sp³-hybridized carbons (Fsp3) is 0.125. The van der Waals surface area contributed by atoms with Gasteiger partial charge in [-0.15, -0.1) is 5.10 Å². The first kappa shape index (κ1) is 20.6.